The maximum Gasteiger partial charge on any atom is 0.333 e. The average Bonchev–Trinajstić information content (AvgIpc) is 3.25. The molecule has 5 rings (SSSR count). The zero-order chi connectivity index (χ0) is 21.7. The number of aromatic nitrogens is 4. The van der Waals surface area contributed by atoms with Gasteiger partial charge in [0.05, 0.1) is 22.9 Å². The molecule has 1 aliphatic heterocycles. The largest absolute Gasteiger partial charge is 0.333 e. The summed E-state index contributed by atoms with van der Waals surface area (Å²) in [5.41, 5.74) is 4.20. The number of hydrogen-bond donors (Lipinski definition) is 0. The maximum absolute atomic E-state index is 12.4. The van der Waals surface area contributed by atoms with Crippen molar-refractivity contribution >= 4 is 34.5 Å². The third-order valence-electron chi connectivity index (χ3n) is 5.42. The summed E-state index contributed by atoms with van der Waals surface area (Å²) in [6.07, 6.45) is 1.97. The maximum atomic E-state index is 12.4. The highest BCUT2D eigenvalue weighted by Crippen LogP contribution is 2.24. The number of aryl methyl sites for hydroxylation is 2. The Morgan fingerprint density at radius 2 is 1.74 bits per heavy atom. The van der Waals surface area contributed by atoms with Crippen LogP contribution in [0.3, 0.4) is 0 Å². The van der Waals surface area contributed by atoms with Gasteiger partial charge in [-0.2, -0.15) is 0 Å². The smallest absolute Gasteiger partial charge is 0.330 e. The molecule has 4 heterocycles. The SMILES string of the molecule is Cc1nc2c3cccnc3nn2c(C)c1CCC(=O)ON1C(=O)c2ccccc2C1=O. The van der Waals surface area contributed by atoms with E-state index in [9.17, 15) is 14.4 Å². The summed E-state index contributed by atoms with van der Waals surface area (Å²) >= 11 is 0. The fourth-order valence-electron chi connectivity index (χ4n) is 3.85. The zero-order valence-electron chi connectivity index (χ0n) is 16.8. The number of hydrogen-bond acceptors (Lipinski definition) is 7. The number of hydroxylamine groups is 2. The van der Waals surface area contributed by atoms with Gasteiger partial charge in [0.1, 0.15) is 0 Å². The number of benzene rings is 1. The minimum atomic E-state index is -0.680. The summed E-state index contributed by atoms with van der Waals surface area (Å²) in [5, 5.41) is 5.88. The minimum Gasteiger partial charge on any atom is -0.330 e. The molecule has 0 saturated carbocycles. The molecule has 0 saturated heterocycles. The van der Waals surface area contributed by atoms with Crippen LogP contribution in [0.5, 0.6) is 0 Å². The second-order valence-electron chi connectivity index (χ2n) is 7.28. The molecule has 0 fully saturated rings. The van der Waals surface area contributed by atoms with Gasteiger partial charge >= 0.3 is 5.97 Å². The van der Waals surface area contributed by atoms with Crippen molar-refractivity contribution in [1.82, 2.24) is 24.6 Å². The van der Waals surface area contributed by atoms with E-state index in [1.807, 2.05) is 26.0 Å². The summed E-state index contributed by atoms with van der Waals surface area (Å²) in [6, 6.07) is 10.1. The molecule has 154 valence electrons. The lowest BCUT2D eigenvalue weighted by molar-refractivity contribution is -0.168. The number of imide groups is 1. The van der Waals surface area contributed by atoms with Crippen LogP contribution in [-0.4, -0.2) is 42.4 Å². The van der Waals surface area contributed by atoms with Gasteiger partial charge in [-0.15, -0.1) is 5.10 Å². The Labute approximate surface area is 176 Å². The van der Waals surface area contributed by atoms with Gasteiger partial charge in [-0.1, -0.05) is 17.2 Å². The molecule has 0 radical (unpaired) electrons. The van der Waals surface area contributed by atoms with Gasteiger partial charge in [0.2, 0.25) is 0 Å². The van der Waals surface area contributed by atoms with Crippen molar-refractivity contribution < 1.29 is 19.2 Å². The van der Waals surface area contributed by atoms with Crippen LogP contribution in [-0.2, 0) is 16.1 Å². The molecular weight excluding hydrogens is 398 g/mol. The molecule has 1 aliphatic rings. The quantitative estimate of drug-likeness (QED) is 0.472. The van der Waals surface area contributed by atoms with Crippen LogP contribution in [0.1, 0.15) is 44.1 Å². The van der Waals surface area contributed by atoms with Crippen molar-refractivity contribution in [2.24, 2.45) is 0 Å². The Bertz CT molecular complexity index is 1370. The van der Waals surface area contributed by atoms with E-state index in [1.165, 1.54) is 12.1 Å². The van der Waals surface area contributed by atoms with Crippen molar-refractivity contribution in [2.45, 2.75) is 26.7 Å². The van der Waals surface area contributed by atoms with Gasteiger partial charge in [0.15, 0.2) is 11.3 Å². The topological polar surface area (TPSA) is 107 Å². The van der Waals surface area contributed by atoms with Crippen LogP contribution in [0.15, 0.2) is 42.6 Å². The van der Waals surface area contributed by atoms with E-state index in [0.29, 0.717) is 22.8 Å². The number of carbonyl (C=O) groups excluding carboxylic acids is 3. The van der Waals surface area contributed by atoms with Gasteiger partial charge in [0, 0.05) is 17.6 Å². The van der Waals surface area contributed by atoms with Gasteiger partial charge in [-0.25, -0.2) is 19.3 Å². The number of carbonyl (C=O) groups is 3. The molecular formula is C22H17N5O4. The number of fused-ring (bicyclic) bond motifs is 4. The van der Waals surface area contributed by atoms with E-state index in [0.717, 1.165) is 22.3 Å². The second kappa shape index (κ2) is 6.98. The third-order valence-corrected chi connectivity index (χ3v) is 5.42. The van der Waals surface area contributed by atoms with Gasteiger partial charge in [-0.05, 0) is 50.1 Å². The first-order chi connectivity index (χ1) is 15.0. The summed E-state index contributed by atoms with van der Waals surface area (Å²) in [5.74, 6) is -1.96. The standard InChI is InChI=1S/C22H17N5O4/c1-12-14(13(2)26-20(24-12)17-8-5-11-23-19(17)25-26)9-10-18(28)31-27-21(29)15-6-3-4-7-16(15)22(27)30/h3-8,11H,9-10H2,1-2H3. The molecule has 0 N–H and O–H groups in total. The molecule has 3 aromatic heterocycles. The Balaban J connectivity index is 1.35. The van der Waals surface area contributed by atoms with Crippen molar-refractivity contribution in [1.29, 1.82) is 0 Å². The third kappa shape index (κ3) is 2.93. The molecule has 2 amide bonds. The van der Waals surface area contributed by atoms with Crippen LogP contribution in [0, 0.1) is 13.8 Å². The first-order valence-corrected chi connectivity index (χ1v) is 9.74. The fourth-order valence-corrected chi connectivity index (χ4v) is 3.85. The molecule has 4 aromatic rings. The summed E-state index contributed by atoms with van der Waals surface area (Å²) in [6.45, 7) is 3.77. The Hall–Kier alpha value is -4.14. The van der Waals surface area contributed by atoms with E-state index in [4.69, 9.17) is 4.84 Å². The van der Waals surface area contributed by atoms with Crippen LogP contribution in [0.4, 0.5) is 0 Å². The monoisotopic (exact) mass is 415 g/mol. The highest BCUT2D eigenvalue weighted by atomic mass is 16.7. The van der Waals surface area contributed by atoms with Gasteiger partial charge in [0.25, 0.3) is 11.8 Å². The van der Waals surface area contributed by atoms with E-state index in [-0.39, 0.29) is 17.5 Å². The van der Waals surface area contributed by atoms with Gasteiger partial charge < -0.3 is 4.84 Å². The Morgan fingerprint density at radius 1 is 1.03 bits per heavy atom. The van der Waals surface area contributed by atoms with Crippen molar-refractivity contribution in [3.05, 3.63) is 70.7 Å². The lowest BCUT2D eigenvalue weighted by Crippen LogP contribution is -2.32. The summed E-state index contributed by atoms with van der Waals surface area (Å²) in [4.78, 5) is 51.1. The molecule has 1 aromatic carbocycles. The lowest BCUT2D eigenvalue weighted by Gasteiger charge is -2.14. The van der Waals surface area contributed by atoms with E-state index >= 15 is 0 Å². The Kier molecular flexibility index (Phi) is 4.25. The van der Waals surface area contributed by atoms with Crippen molar-refractivity contribution in [3.63, 3.8) is 0 Å². The zero-order valence-corrected chi connectivity index (χ0v) is 16.8. The number of amides is 2. The molecule has 0 atom stereocenters. The van der Waals surface area contributed by atoms with Crippen LogP contribution in [0.25, 0.3) is 16.7 Å². The van der Waals surface area contributed by atoms with E-state index in [2.05, 4.69) is 15.1 Å². The normalized spacial score (nSPS) is 13.3. The molecule has 0 aliphatic carbocycles. The summed E-state index contributed by atoms with van der Waals surface area (Å²) < 4.78 is 1.72. The average molecular weight is 415 g/mol. The molecule has 0 bridgehead atoms. The molecule has 0 spiro atoms. The highest BCUT2D eigenvalue weighted by molar-refractivity contribution is 6.20. The predicted molar refractivity (Wildman–Crippen MR) is 109 cm³/mol. The Morgan fingerprint density at radius 3 is 2.45 bits per heavy atom. The second-order valence-corrected chi connectivity index (χ2v) is 7.28. The van der Waals surface area contributed by atoms with Crippen molar-refractivity contribution in [2.75, 3.05) is 0 Å². The van der Waals surface area contributed by atoms with E-state index in [1.54, 1.807) is 22.8 Å². The lowest BCUT2D eigenvalue weighted by atomic mass is 10.1. The first-order valence-electron chi connectivity index (χ1n) is 9.74. The minimum absolute atomic E-state index is 0.0265. The van der Waals surface area contributed by atoms with Crippen LogP contribution < -0.4 is 0 Å². The number of pyridine rings is 1. The molecule has 9 nitrogen and oxygen atoms in total. The number of rotatable bonds is 4. The number of nitrogens with zero attached hydrogens (tertiary/aromatic N) is 5. The highest BCUT2D eigenvalue weighted by Gasteiger charge is 2.38. The van der Waals surface area contributed by atoms with Crippen LogP contribution >= 0.6 is 0 Å². The van der Waals surface area contributed by atoms with E-state index < -0.39 is 17.8 Å². The molecule has 0 unspecified atom stereocenters. The fraction of sp³-hybridized carbons (Fsp3) is 0.182. The molecule has 31 heavy (non-hydrogen) atoms. The van der Waals surface area contributed by atoms with Gasteiger partial charge in [-0.3, -0.25) is 9.59 Å². The summed E-state index contributed by atoms with van der Waals surface area (Å²) in [7, 11) is 0. The van der Waals surface area contributed by atoms with Crippen molar-refractivity contribution in [3.8, 4) is 0 Å². The first kappa shape index (κ1) is 18.9. The molecule has 9 heteroatoms. The predicted octanol–water partition coefficient (Wildman–Crippen LogP) is 2.58. The van der Waals surface area contributed by atoms with Crippen LogP contribution in [0.2, 0.25) is 0 Å².